The summed E-state index contributed by atoms with van der Waals surface area (Å²) in [4.78, 5) is 14.5. The Hall–Kier alpha value is -3.34. The normalized spacial score (nSPS) is 10.8. The number of anilines is 1. The van der Waals surface area contributed by atoms with Crippen LogP contribution in [-0.4, -0.2) is 30.8 Å². The van der Waals surface area contributed by atoms with E-state index in [1.165, 1.54) is 0 Å². The summed E-state index contributed by atoms with van der Waals surface area (Å²) in [5.74, 6) is -0.245. The van der Waals surface area contributed by atoms with E-state index in [0.717, 1.165) is 16.9 Å². The number of nitrogens with zero attached hydrogens (tertiary/aromatic N) is 3. The van der Waals surface area contributed by atoms with E-state index in [1.807, 2.05) is 90.6 Å². The molecule has 5 heteroatoms. The number of hydrogen-bond donors (Lipinski definition) is 1. The van der Waals surface area contributed by atoms with Crippen LogP contribution in [0.4, 0.5) is 5.69 Å². The molecule has 0 fully saturated rings. The minimum absolute atomic E-state index is 0.245. The highest BCUT2D eigenvalue weighted by atomic mass is 16.2. The van der Waals surface area contributed by atoms with Gasteiger partial charge in [-0.15, -0.1) is 0 Å². The lowest BCUT2D eigenvalue weighted by molar-refractivity contribution is 0.0955. The molecule has 0 bridgehead atoms. The van der Waals surface area contributed by atoms with E-state index in [0.29, 0.717) is 5.56 Å². The second-order valence-corrected chi connectivity index (χ2v) is 5.79. The number of rotatable bonds is 5. The molecule has 3 aromatic rings. The van der Waals surface area contributed by atoms with Crippen LogP contribution in [0.1, 0.15) is 15.9 Å². The maximum absolute atomic E-state index is 12.4. The van der Waals surface area contributed by atoms with Crippen molar-refractivity contribution >= 4 is 17.8 Å². The number of carbonyl (C=O) groups is 1. The minimum atomic E-state index is -0.245. The molecular formula is C20H20N4O. The lowest BCUT2D eigenvalue weighted by Crippen LogP contribution is -2.19. The van der Waals surface area contributed by atoms with Crippen LogP contribution in [0.3, 0.4) is 0 Å². The fourth-order valence-corrected chi connectivity index (χ4v) is 2.47. The monoisotopic (exact) mass is 332 g/mol. The van der Waals surface area contributed by atoms with Gasteiger partial charge < -0.3 is 9.47 Å². The van der Waals surface area contributed by atoms with E-state index >= 15 is 0 Å². The number of para-hydroxylation sites is 1. The average molecular weight is 332 g/mol. The van der Waals surface area contributed by atoms with Crippen LogP contribution >= 0.6 is 0 Å². The Morgan fingerprint density at radius 3 is 2.36 bits per heavy atom. The molecule has 0 aliphatic heterocycles. The molecule has 1 heterocycles. The standard InChI is InChI=1S/C20H20N4O/c1-23(2)17-11-9-16(10-12-17)15-21-22-20(25)18-7-3-4-8-19(18)24-13-5-6-14-24/h3-15H,1-2H3,(H,22,25)/b21-15-. The molecule has 0 spiro atoms. The Bertz CT molecular complexity index is 865. The molecule has 0 unspecified atom stereocenters. The molecule has 1 aromatic heterocycles. The van der Waals surface area contributed by atoms with Crippen molar-refractivity contribution in [2.24, 2.45) is 5.10 Å². The number of hydrazone groups is 1. The largest absolute Gasteiger partial charge is 0.378 e. The predicted molar refractivity (Wildman–Crippen MR) is 102 cm³/mol. The number of benzene rings is 2. The molecule has 0 saturated carbocycles. The van der Waals surface area contributed by atoms with Gasteiger partial charge in [0.2, 0.25) is 0 Å². The first-order valence-corrected chi connectivity index (χ1v) is 7.98. The van der Waals surface area contributed by atoms with Crippen LogP contribution in [-0.2, 0) is 0 Å². The summed E-state index contributed by atoms with van der Waals surface area (Å²) < 4.78 is 1.90. The zero-order valence-electron chi connectivity index (χ0n) is 14.3. The van der Waals surface area contributed by atoms with Crippen molar-refractivity contribution in [2.75, 3.05) is 19.0 Å². The molecule has 1 amide bonds. The molecule has 0 radical (unpaired) electrons. The number of carbonyl (C=O) groups excluding carboxylic acids is 1. The van der Waals surface area contributed by atoms with Crippen molar-refractivity contribution in [3.05, 3.63) is 84.2 Å². The third-order valence-corrected chi connectivity index (χ3v) is 3.82. The molecule has 0 atom stereocenters. The summed E-state index contributed by atoms with van der Waals surface area (Å²) in [6.45, 7) is 0. The topological polar surface area (TPSA) is 49.6 Å². The highest BCUT2D eigenvalue weighted by Gasteiger charge is 2.10. The van der Waals surface area contributed by atoms with Crippen LogP contribution in [0, 0.1) is 0 Å². The summed E-state index contributed by atoms with van der Waals surface area (Å²) in [6.07, 6.45) is 5.44. The van der Waals surface area contributed by atoms with E-state index in [9.17, 15) is 4.79 Å². The molecular weight excluding hydrogens is 312 g/mol. The number of amides is 1. The minimum Gasteiger partial charge on any atom is -0.378 e. The predicted octanol–water partition coefficient (Wildman–Crippen LogP) is 3.31. The van der Waals surface area contributed by atoms with Crippen molar-refractivity contribution in [3.8, 4) is 5.69 Å². The molecule has 0 aliphatic rings. The Balaban J connectivity index is 1.71. The molecule has 2 aromatic carbocycles. The number of hydrogen-bond acceptors (Lipinski definition) is 3. The zero-order chi connectivity index (χ0) is 17.6. The molecule has 3 rings (SSSR count). The van der Waals surface area contributed by atoms with E-state index in [2.05, 4.69) is 10.5 Å². The lowest BCUT2D eigenvalue weighted by atomic mass is 10.1. The van der Waals surface area contributed by atoms with E-state index in [-0.39, 0.29) is 5.91 Å². The quantitative estimate of drug-likeness (QED) is 0.576. The van der Waals surface area contributed by atoms with Gasteiger partial charge in [0.05, 0.1) is 17.5 Å². The van der Waals surface area contributed by atoms with E-state index in [4.69, 9.17) is 0 Å². The van der Waals surface area contributed by atoms with Gasteiger partial charge in [0.1, 0.15) is 0 Å². The van der Waals surface area contributed by atoms with Crippen LogP contribution in [0.2, 0.25) is 0 Å². The van der Waals surface area contributed by atoms with Gasteiger partial charge in [-0.25, -0.2) is 5.43 Å². The SMILES string of the molecule is CN(C)c1ccc(/C=N\NC(=O)c2ccccc2-n2cccc2)cc1. The summed E-state index contributed by atoms with van der Waals surface area (Å²) in [5, 5.41) is 4.07. The first kappa shape index (κ1) is 16.5. The maximum Gasteiger partial charge on any atom is 0.273 e. The average Bonchev–Trinajstić information content (AvgIpc) is 3.16. The molecule has 1 N–H and O–H groups in total. The molecule has 126 valence electrons. The van der Waals surface area contributed by atoms with E-state index in [1.54, 1.807) is 12.3 Å². The van der Waals surface area contributed by atoms with Gasteiger partial charge in [0, 0.05) is 32.2 Å². The first-order chi connectivity index (χ1) is 12.1. The first-order valence-electron chi connectivity index (χ1n) is 7.98. The fourth-order valence-electron chi connectivity index (χ4n) is 2.47. The van der Waals surface area contributed by atoms with Crippen LogP contribution in [0.25, 0.3) is 5.69 Å². The summed E-state index contributed by atoms with van der Waals surface area (Å²) in [7, 11) is 3.98. The Morgan fingerprint density at radius 2 is 1.68 bits per heavy atom. The smallest absolute Gasteiger partial charge is 0.273 e. The fraction of sp³-hybridized carbons (Fsp3) is 0.100. The maximum atomic E-state index is 12.4. The van der Waals surface area contributed by atoms with Gasteiger partial charge in [-0.05, 0) is 42.0 Å². The van der Waals surface area contributed by atoms with Gasteiger partial charge in [-0.2, -0.15) is 5.10 Å². The molecule has 5 nitrogen and oxygen atoms in total. The molecule has 0 aliphatic carbocycles. The third kappa shape index (κ3) is 3.95. The second kappa shape index (κ2) is 7.49. The Morgan fingerprint density at radius 1 is 1.00 bits per heavy atom. The third-order valence-electron chi connectivity index (χ3n) is 3.82. The molecule has 0 saturated heterocycles. The van der Waals surface area contributed by atoms with Crippen LogP contribution in [0.15, 0.2) is 78.2 Å². The summed E-state index contributed by atoms with van der Waals surface area (Å²) in [6, 6.07) is 19.2. The van der Waals surface area contributed by atoms with E-state index < -0.39 is 0 Å². The van der Waals surface area contributed by atoms with Crippen molar-refractivity contribution in [3.63, 3.8) is 0 Å². The van der Waals surface area contributed by atoms with Crippen molar-refractivity contribution in [2.45, 2.75) is 0 Å². The highest BCUT2D eigenvalue weighted by molar-refractivity contribution is 5.98. The zero-order valence-corrected chi connectivity index (χ0v) is 14.3. The van der Waals surface area contributed by atoms with Crippen molar-refractivity contribution in [1.82, 2.24) is 9.99 Å². The Labute approximate surface area is 147 Å². The van der Waals surface area contributed by atoms with Gasteiger partial charge in [0.25, 0.3) is 5.91 Å². The van der Waals surface area contributed by atoms with Gasteiger partial charge in [-0.3, -0.25) is 4.79 Å². The van der Waals surface area contributed by atoms with Crippen LogP contribution < -0.4 is 10.3 Å². The van der Waals surface area contributed by atoms with Gasteiger partial charge in [-0.1, -0.05) is 24.3 Å². The van der Waals surface area contributed by atoms with Gasteiger partial charge in [0.15, 0.2) is 0 Å². The van der Waals surface area contributed by atoms with Crippen LogP contribution in [0.5, 0.6) is 0 Å². The van der Waals surface area contributed by atoms with Crippen molar-refractivity contribution in [1.29, 1.82) is 0 Å². The summed E-state index contributed by atoms with van der Waals surface area (Å²) in [5.41, 5.74) is 6.01. The number of aromatic nitrogens is 1. The van der Waals surface area contributed by atoms with Crippen molar-refractivity contribution < 1.29 is 4.79 Å². The summed E-state index contributed by atoms with van der Waals surface area (Å²) >= 11 is 0. The highest BCUT2D eigenvalue weighted by Crippen LogP contribution is 2.14. The molecule has 25 heavy (non-hydrogen) atoms. The lowest BCUT2D eigenvalue weighted by Gasteiger charge is -2.11. The van der Waals surface area contributed by atoms with Gasteiger partial charge >= 0.3 is 0 Å². The second-order valence-electron chi connectivity index (χ2n) is 5.79. The Kier molecular flexibility index (Phi) is 4.95. The number of nitrogens with one attached hydrogen (secondary N) is 1.